The van der Waals surface area contributed by atoms with E-state index in [1.807, 2.05) is 17.9 Å². The number of carbonyl (C=O) groups excluding carboxylic acids is 1. The molecule has 1 N–H and O–H groups in total. The first-order valence-corrected chi connectivity index (χ1v) is 9.72. The predicted octanol–water partition coefficient (Wildman–Crippen LogP) is 3.96. The Bertz CT molecular complexity index is 1090. The van der Waals surface area contributed by atoms with E-state index in [0.717, 1.165) is 5.56 Å². The van der Waals surface area contributed by atoms with Gasteiger partial charge in [-0.3, -0.25) is 4.79 Å². The van der Waals surface area contributed by atoms with Crippen molar-refractivity contribution in [2.45, 2.75) is 25.9 Å². The molecule has 3 aromatic rings. The van der Waals surface area contributed by atoms with Crippen molar-refractivity contribution in [3.05, 3.63) is 46.7 Å². The van der Waals surface area contributed by atoms with E-state index < -0.39 is 12.0 Å². The molecule has 1 saturated heterocycles. The molecule has 1 aliphatic rings. The van der Waals surface area contributed by atoms with Crippen LogP contribution in [0.15, 0.2) is 30.3 Å². The number of piperidine rings is 1. The number of rotatable bonds is 3. The zero-order chi connectivity index (χ0) is 21.5. The highest BCUT2D eigenvalue weighted by Gasteiger charge is 2.38. The second-order valence-corrected chi connectivity index (χ2v) is 7.60. The minimum Gasteiger partial charge on any atom is -0.355 e. The highest BCUT2D eigenvalue weighted by Crippen LogP contribution is 2.29. The lowest BCUT2D eigenvalue weighted by Gasteiger charge is -2.32. The topological polar surface area (TPSA) is 75.4 Å². The van der Waals surface area contributed by atoms with Gasteiger partial charge in [-0.2, -0.15) is 17.7 Å². The van der Waals surface area contributed by atoms with E-state index in [1.165, 1.54) is 6.07 Å². The standard InChI is InChI=1S/C19H18ClF3N6O/c1-11-2-3-13(10-14(11)20)24-17(30)12-6-8-28(9-7-12)16-5-4-15-25-26-18(19(21,22)23)29(15)27-16/h2-5,10,12H,6-9H2,1H3,(H,24,30). The molecule has 1 aromatic carbocycles. The van der Waals surface area contributed by atoms with Crippen molar-refractivity contribution in [3.8, 4) is 0 Å². The van der Waals surface area contributed by atoms with Crippen LogP contribution in [-0.4, -0.2) is 38.8 Å². The van der Waals surface area contributed by atoms with E-state index in [-0.39, 0.29) is 17.5 Å². The maximum atomic E-state index is 13.1. The third-order valence-electron chi connectivity index (χ3n) is 5.13. The first-order valence-electron chi connectivity index (χ1n) is 9.34. The van der Waals surface area contributed by atoms with Crippen LogP contribution in [0.1, 0.15) is 24.2 Å². The van der Waals surface area contributed by atoms with Crippen molar-refractivity contribution in [2.75, 3.05) is 23.3 Å². The van der Waals surface area contributed by atoms with E-state index in [4.69, 9.17) is 11.6 Å². The van der Waals surface area contributed by atoms with Gasteiger partial charge in [-0.1, -0.05) is 17.7 Å². The lowest BCUT2D eigenvalue weighted by atomic mass is 9.95. The molecule has 0 saturated carbocycles. The summed E-state index contributed by atoms with van der Waals surface area (Å²) in [7, 11) is 0. The second-order valence-electron chi connectivity index (χ2n) is 7.20. The van der Waals surface area contributed by atoms with E-state index in [0.29, 0.717) is 47.0 Å². The quantitative estimate of drug-likeness (QED) is 0.670. The number of hydrogen-bond donors (Lipinski definition) is 1. The van der Waals surface area contributed by atoms with Crippen molar-refractivity contribution >= 4 is 34.7 Å². The van der Waals surface area contributed by atoms with Gasteiger partial charge in [-0.05, 0) is 49.6 Å². The van der Waals surface area contributed by atoms with Crippen molar-refractivity contribution < 1.29 is 18.0 Å². The van der Waals surface area contributed by atoms with Gasteiger partial charge in [-0.25, -0.2) is 0 Å². The molecule has 0 spiro atoms. The molecule has 30 heavy (non-hydrogen) atoms. The number of benzene rings is 1. The number of nitrogens with one attached hydrogen (secondary N) is 1. The Labute approximate surface area is 174 Å². The van der Waals surface area contributed by atoms with Crippen molar-refractivity contribution in [2.24, 2.45) is 5.92 Å². The predicted molar refractivity (Wildman–Crippen MR) is 106 cm³/mol. The molecule has 158 valence electrons. The monoisotopic (exact) mass is 438 g/mol. The molecule has 0 atom stereocenters. The van der Waals surface area contributed by atoms with E-state index in [9.17, 15) is 18.0 Å². The molecule has 1 amide bonds. The third kappa shape index (κ3) is 4.04. The van der Waals surface area contributed by atoms with Gasteiger partial charge in [0, 0.05) is 29.7 Å². The molecule has 0 unspecified atom stereocenters. The fraction of sp³-hybridized carbons (Fsp3) is 0.368. The smallest absolute Gasteiger partial charge is 0.355 e. The Balaban J connectivity index is 1.42. The summed E-state index contributed by atoms with van der Waals surface area (Å²) in [6.45, 7) is 2.87. The highest BCUT2D eigenvalue weighted by atomic mass is 35.5. The van der Waals surface area contributed by atoms with E-state index in [1.54, 1.807) is 18.2 Å². The number of halogens is 4. The van der Waals surface area contributed by atoms with Gasteiger partial charge in [-0.15, -0.1) is 15.3 Å². The molecular weight excluding hydrogens is 421 g/mol. The number of aromatic nitrogens is 4. The molecule has 1 fully saturated rings. The molecule has 4 rings (SSSR count). The molecule has 0 radical (unpaired) electrons. The summed E-state index contributed by atoms with van der Waals surface area (Å²) in [5.41, 5.74) is 1.59. The van der Waals surface area contributed by atoms with Gasteiger partial charge in [0.15, 0.2) is 5.65 Å². The third-order valence-corrected chi connectivity index (χ3v) is 5.54. The molecule has 7 nitrogen and oxygen atoms in total. The van der Waals surface area contributed by atoms with Crippen molar-refractivity contribution in [1.82, 2.24) is 19.8 Å². The van der Waals surface area contributed by atoms with Gasteiger partial charge in [0.2, 0.25) is 5.91 Å². The zero-order valence-electron chi connectivity index (χ0n) is 15.9. The largest absolute Gasteiger partial charge is 0.453 e. The maximum absolute atomic E-state index is 13.1. The molecule has 11 heteroatoms. The van der Waals surface area contributed by atoms with Crippen LogP contribution in [0.5, 0.6) is 0 Å². The Morgan fingerprint density at radius 3 is 2.57 bits per heavy atom. The molecule has 2 aromatic heterocycles. The van der Waals surface area contributed by atoms with Crippen LogP contribution >= 0.6 is 11.6 Å². The lowest BCUT2D eigenvalue weighted by Crippen LogP contribution is -2.38. The molecule has 0 aliphatic carbocycles. The van der Waals surface area contributed by atoms with Crippen LogP contribution in [0.25, 0.3) is 5.65 Å². The van der Waals surface area contributed by atoms with Gasteiger partial charge < -0.3 is 10.2 Å². The van der Waals surface area contributed by atoms with Crippen molar-refractivity contribution in [1.29, 1.82) is 0 Å². The maximum Gasteiger partial charge on any atom is 0.453 e. The summed E-state index contributed by atoms with van der Waals surface area (Å²) < 4.78 is 39.9. The summed E-state index contributed by atoms with van der Waals surface area (Å²) in [6.07, 6.45) is -3.53. The Kier molecular flexibility index (Phi) is 5.27. The number of fused-ring (bicyclic) bond motifs is 1. The fourth-order valence-corrected chi connectivity index (χ4v) is 3.59. The van der Waals surface area contributed by atoms with Gasteiger partial charge in [0.25, 0.3) is 5.82 Å². The zero-order valence-corrected chi connectivity index (χ0v) is 16.7. The summed E-state index contributed by atoms with van der Waals surface area (Å²) >= 11 is 6.10. The van der Waals surface area contributed by atoms with E-state index >= 15 is 0 Å². The number of aryl methyl sites for hydroxylation is 1. The number of anilines is 2. The average molecular weight is 439 g/mol. The van der Waals surface area contributed by atoms with Crippen LogP contribution in [0.4, 0.5) is 24.7 Å². The molecule has 3 heterocycles. The van der Waals surface area contributed by atoms with Crippen LogP contribution in [0.2, 0.25) is 5.02 Å². The summed E-state index contributed by atoms with van der Waals surface area (Å²) in [5.74, 6) is -1.08. The van der Waals surface area contributed by atoms with Crippen LogP contribution in [0, 0.1) is 12.8 Å². The van der Waals surface area contributed by atoms with Gasteiger partial charge in [0.05, 0.1) is 0 Å². The first-order chi connectivity index (χ1) is 14.2. The Hall–Kier alpha value is -2.88. The average Bonchev–Trinajstić information content (AvgIpc) is 3.14. The number of hydrogen-bond acceptors (Lipinski definition) is 5. The highest BCUT2D eigenvalue weighted by molar-refractivity contribution is 6.31. The second kappa shape index (κ2) is 7.75. The fourth-order valence-electron chi connectivity index (χ4n) is 3.41. The number of amides is 1. The first kappa shape index (κ1) is 20.4. The Morgan fingerprint density at radius 1 is 1.17 bits per heavy atom. The summed E-state index contributed by atoms with van der Waals surface area (Å²) in [6, 6.07) is 8.40. The molecule has 0 bridgehead atoms. The number of nitrogens with zero attached hydrogens (tertiary/aromatic N) is 5. The number of alkyl halides is 3. The lowest BCUT2D eigenvalue weighted by molar-refractivity contribution is -0.146. The summed E-state index contributed by atoms with van der Waals surface area (Å²) in [5, 5.41) is 14.2. The minimum atomic E-state index is -4.64. The van der Waals surface area contributed by atoms with Crippen LogP contribution in [-0.2, 0) is 11.0 Å². The molecular formula is C19H18ClF3N6O. The van der Waals surface area contributed by atoms with Gasteiger partial charge >= 0.3 is 6.18 Å². The van der Waals surface area contributed by atoms with Gasteiger partial charge in [0.1, 0.15) is 5.82 Å². The molecule has 1 aliphatic heterocycles. The van der Waals surface area contributed by atoms with Crippen LogP contribution < -0.4 is 10.2 Å². The van der Waals surface area contributed by atoms with E-state index in [2.05, 4.69) is 20.6 Å². The SMILES string of the molecule is Cc1ccc(NC(=O)C2CCN(c3ccc4nnc(C(F)(F)F)n4n3)CC2)cc1Cl. The normalized spacial score (nSPS) is 15.6. The number of carbonyl (C=O) groups is 1. The summed E-state index contributed by atoms with van der Waals surface area (Å²) in [4.78, 5) is 14.4. The minimum absolute atomic E-state index is 0.0251. The Morgan fingerprint density at radius 2 is 1.90 bits per heavy atom. The van der Waals surface area contributed by atoms with Crippen molar-refractivity contribution in [3.63, 3.8) is 0 Å². The van der Waals surface area contributed by atoms with Crippen LogP contribution in [0.3, 0.4) is 0 Å².